The van der Waals surface area contributed by atoms with Crippen LogP contribution in [0.5, 0.6) is 11.5 Å². The molecule has 0 bridgehead atoms. The quantitative estimate of drug-likeness (QED) is 0.506. The summed E-state index contributed by atoms with van der Waals surface area (Å²) in [6, 6.07) is 9.06. The van der Waals surface area contributed by atoms with E-state index >= 15 is 0 Å². The van der Waals surface area contributed by atoms with Crippen LogP contribution in [0.3, 0.4) is 0 Å². The molecule has 0 saturated heterocycles. The summed E-state index contributed by atoms with van der Waals surface area (Å²) in [6.45, 7) is 0. The molecular weight excluding hydrogens is 357 g/mol. The van der Waals surface area contributed by atoms with Gasteiger partial charge < -0.3 is 4.74 Å². The number of ether oxygens (including phenoxy) is 1. The van der Waals surface area contributed by atoms with Crippen LogP contribution in [-0.4, -0.2) is 14.6 Å². The van der Waals surface area contributed by atoms with Gasteiger partial charge in [-0.2, -0.15) is 0 Å². The number of hydrogen-bond donors (Lipinski definition) is 0. The number of para-hydroxylation sites is 1. The molecule has 4 nitrogen and oxygen atoms in total. The fourth-order valence-electron chi connectivity index (χ4n) is 3.47. The van der Waals surface area contributed by atoms with Gasteiger partial charge in [0.15, 0.2) is 11.4 Å². The average molecular weight is 376 g/mol. The van der Waals surface area contributed by atoms with E-state index in [-0.39, 0.29) is 0 Å². The monoisotopic (exact) mass is 375 g/mol. The third kappa shape index (κ3) is 3.46. The van der Waals surface area contributed by atoms with E-state index in [1.54, 1.807) is 18.2 Å². The molecule has 2 heterocycles. The Hall–Kier alpha value is -1.78. The minimum Gasteiger partial charge on any atom is -0.454 e. The summed E-state index contributed by atoms with van der Waals surface area (Å²) >= 11 is 12.4. The van der Waals surface area contributed by atoms with Crippen LogP contribution >= 0.6 is 23.2 Å². The fraction of sp³-hybridized carbons (Fsp3) is 0.368. The first-order valence-electron chi connectivity index (χ1n) is 8.69. The minimum absolute atomic E-state index is 0.457. The molecule has 4 rings (SSSR count). The van der Waals surface area contributed by atoms with Gasteiger partial charge in [0.05, 0.1) is 10.0 Å². The second kappa shape index (κ2) is 7.22. The minimum atomic E-state index is 0.457. The second-order valence-corrected chi connectivity index (χ2v) is 7.30. The van der Waals surface area contributed by atoms with Gasteiger partial charge in [0.25, 0.3) is 0 Å². The molecule has 0 radical (unpaired) electrons. The lowest BCUT2D eigenvalue weighted by Crippen LogP contribution is -2.03. The zero-order chi connectivity index (χ0) is 17.2. The fourth-order valence-corrected chi connectivity index (χ4v) is 3.94. The van der Waals surface area contributed by atoms with Gasteiger partial charge in [-0.3, -0.25) is 4.40 Å². The van der Waals surface area contributed by atoms with Crippen molar-refractivity contribution >= 4 is 28.8 Å². The Bertz CT molecular complexity index is 865. The highest BCUT2D eigenvalue weighted by atomic mass is 35.5. The smallest absolute Gasteiger partial charge is 0.164 e. The summed E-state index contributed by atoms with van der Waals surface area (Å²) in [6.07, 6.45) is 9.53. The first kappa shape index (κ1) is 16.7. The first-order valence-corrected chi connectivity index (χ1v) is 9.44. The van der Waals surface area contributed by atoms with Gasteiger partial charge in [-0.15, -0.1) is 10.2 Å². The van der Waals surface area contributed by atoms with Crippen molar-refractivity contribution < 1.29 is 4.74 Å². The molecular formula is C19H19Cl2N3O. The number of pyridine rings is 1. The molecule has 0 aliphatic heterocycles. The molecule has 0 amide bonds. The zero-order valence-electron chi connectivity index (χ0n) is 13.8. The third-order valence-corrected chi connectivity index (χ3v) is 5.36. The van der Waals surface area contributed by atoms with Crippen molar-refractivity contribution in [2.24, 2.45) is 0 Å². The Balaban J connectivity index is 1.63. The largest absolute Gasteiger partial charge is 0.454 e. The van der Waals surface area contributed by atoms with Crippen LogP contribution in [0.4, 0.5) is 0 Å². The molecule has 1 aliphatic carbocycles. The summed E-state index contributed by atoms with van der Waals surface area (Å²) in [4.78, 5) is 0. The number of hydrogen-bond acceptors (Lipinski definition) is 3. The maximum absolute atomic E-state index is 6.18. The zero-order valence-corrected chi connectivity index (χ0v) is 15.3. The number of halogens is 2. The molecule has 1 saturated carbocycles. The lowest BCUT2D eigenvalue weighted by atomic mass is 10.00. The van der Waals surface area contributed by atoms with Gasteiger partial charge in [0.2, 0.25) is 0 Å². The Morgan fingerprint density at radius 3 is 2.40 bits per heavy atom. The Morgan fingerprint density at radius 1 is 0.960 bits per heavy atom. The molecule has 0 atom stereocenters. The number of aromatic nitrogens is 3. The van der Waals surface area contributed by atoms with Gasteiger partial charge in [0, 0.05) is 18.2 Å². The standard InChI is InChI=1S/C19H19Cl2N3O/c20-15-8-5-9-16(21)18(15)25-14-10-11-24-17(12-14)22-23-19(24)13-6-3-1-2-4-7-13/h5,8-13H,1-4,6-7H2. The van der Waals surface area contributed by atoms with Crippen molar-refractivity contribution in [2.75, 3.05) is 0 Å². The van der Waals surface area contributed by atoms with Crippen molar-refractivity contribution in [3.63, 3.8) is 0 Å². The van der Waals surface area contributed by atoms with Crippen LogP contribution in [0, 0.1) is 0 Å². The molecule has 2 aromatic heterocycles. The molecule has 1 aromatic carbocycles. The summed E-state index contributed by atoms with van der Waals surface area (Å²) in [5, 5.41) is 9.75. The maximum atomic E-state index is 6.18. The molecule has 0 N–H and O–H groups in total. The van der Waals surface area contributed by atoms with Crippen molar-refractivity contribution in [1.82, 2.24) is 14.6 Å². The Kier molecular flexibility index (Phi) is 4.82. The van der Waals surface area contributed by atoms with E-state index < -0.39 is 0 Å². The third-order valence-electron chi connectivity index (χ3n) is 4.77. The average Bonchev–Trinajstić information content (AvgIpc) is 2.84. The van der Waals surface area contributed by atoms with Crippen LogP contribution < -0.4 is 4.74 Å². The van der Waals surface area contributed by atoms with Gasteiger partial charge in [0.1, 0.15) is 11.6 Å². The van der Waals surface area contributed by atoms with Gasteiger partial charge in [-0.25, -0.2) is 0 Å². The predicted octanol–water partition coefficient (Wildman–Crippen LogP) is 6.27. The van der Waals surface area contributed by atoms with Crippen LogP contribution in [0.2, 0.25) is 10.0 Å². The predicted molar refractivity (Wildman–Crippen MR) is 100.0 cm³/mol. The van der Waals surface area contributed by atoms with Gasteiger partial charge in [-0.05, 0) is 31.0 Å². The topological polar surface area (TPSA) is 39.4 Å². The second-order valence-electron chi connectivity index (χ2n) is 6.49. The molecule has 3 aromatic rings. The number of fused-ring (bicyclic) bond motifs is 1. The first-order chi connectivity index (χ1) is 12.2. The van der Waals surface area contributed by atoms with Crippen LogP contribution in [0.25, 0.3) is 5.65 Å². The lowest BCUT2D eigenvalue weighted by Gasteiger charge is -2.12. The van der Waals surface area contributed by atoms with Crippen LogP contribution in [0.15, 0.2) is 36.5 Å². The van der Waals surface area contributed by atoms with Crippen molar-refractivity contribution in [3.05, 3.63) is 52.4 Å². The summed E-state index contributed by atoms with van der Waals surface area (Å²) < 4.78 is 7.94. The highest BCUT2D eigenvalue weighted by Gasteiger charge is 2.20. The molecule has 6 heteroatoms. The Morgan fingerprint density at radius 2 is 1.68 bits per heavy atom. The lowest BCUT2D eigenvalue weighted by molar-refractivity contribution is 0.482. The summed E-state index contributed by atoms with van der Waals surface area (Å²) in [7, 11) is 0. The molecule has 1 fully saturated rings. The van der Waals surface area contributed by atoms with Crippen LogP contribution in [0.1, 0.15) is 50.3 Å². The van der Waals surface area contributed by atoms with E-state index in [2.05, 4.69) is 14.6 Å². The highest BCUT2D eigenvalue weighted by Crippen LogP contribution is 2.36. The van der Waals surface area contributed by atoms with Gasteiger partial charge >= 0.3 is 0 Å². The van der Waals surface area contributed by atoms with E-state index in [9.17, 15) is 0 Å². The summed E-state index contributed by atoms with van der Waals surface area (Å²) in [5.74, 6) is 2.64. The SMILES string of the molecule is Clc1cccc(Cl)c1Oc1ccn2c(C3CCCCCC3)nnc2c1. The maximum Gasteiger partial charge on any atom is 0.164 e. The Labute approximate surface area is 156 Å². The molecule has 0 spiro atoms. The van der Waals surface area contributed by atoms with Crippen molar-refractivity contribution in [2.45, 2.75) is 44.4 Å². The molecule has 1 aliphatic rings. The van der Waals surface area contributed by atoms with E-state index in [1.165, 1.54) is 38.5 Å². The van der Waals surface area contributed by atoms with E-state index in [1.807, 2.05) is 18.3 Å². The normalized spacial score (nSPS) is 16.1. The van der Waals surface area contributed by atoms with Gasteiger partial charge in [-0.1, -0.05) is 55.0 Å². The number of benzene rings is 1. The summed E-state index contributed by atoms with van der Waals surface area (Å²) in [5.41, 5.74) is 0.778. The number of nitrogens with zero attached hydrogens (tertiary/aromatic N) is 3. The van der Waals surface area contributed by atoms with Crippen LogP contribution in [-0.2, 0) is 0 Å². The molecule has 130 valence electrons. The van der Waals surface area contributed by atoms with Crippen molar-refractivity contribution in [1.29, 1.82) is 0 Å². The van der Waals surface area contributed by atoms with E-state index in [0.29, 0.717) is 27.5 Å². The molecule has 25 heavy (non-hydrogen) atoms. The van der Waals surface area contributed by atoms with E-state index in [4.69, 9.17) is 27.9 Å². The number of rotatable bonds is 3. The van der Waals surface area contributed by atoms with E-state index in [0.717, 1.165) is 11.5 Å². The molecule has 0 unspecified atom stereocenters. The highest BCUT2D eigenvalue weighted by molar-refractivity contribution is 6.37. The van der Waals surface area contributed by atoms with Crippen molar-refractivity contribution in [3.8, 4) is 11.5 Å².